The molecule has 2 aliphatic rings. The van der Waals surface area contributed by atoms with E-state index in [1.54, 1.807) is 0 Å². The zero-order valence-corrected chi connectivity index (χ0v) is 13.0. The van der Waals surface area contributed by atoms with Crippen molar-refractivity contribution in [1.29, 1.82) is 0 Å². The van der Waals surface area contributed by atoms with Crippen LogP contribution in [-0.4, -0.2) is 18.2 Å². The lowest BCUT2D eigenvalue weighted by Crippen LogP contribution is -2.46. The number of hydrogen-bond acceptors (Lipinski definition) is 2. The van der Waals surface area contributed by atoms with E-state index in [-0.39, 0.29) is 5.60 Å². The topological polar surface area (TPSA) is 21.3 Å². The summed E-state index contributed by atoms with van der Waals surface area (Å²) in [6, 6.07) is 9.07. The summed E-state index contributed by atoms with van der Waals surface area (Å²) in [6.45, 7) is 3.13. The van der Waals surface area contributed by atoms with Gasteiger partial charge in [-0.15, -0.1) is 0 Å². The maximum Gasteiger partial charge on any atom is 0.0697 e. The fourth-order valence-corrected chi connectivity index (χ4v) is 3.96. The van der Waals surface area contributed by atoms with Gasteiger partial charge in [0.1, 0.15) is 0 Å². The monoisotopic (exact) mass is 293 g/mol. The van der Waals surface area contributed by atoms with E-state index < -0.39 is 0 Å². The van der Waals surface area contributed by atoms with Gasteiger partial charge >= 0.3 is 0 Å². The molecule has 2 unspecified atom stereocenters. The van der Waals surface area contributed by atoms with Crippen LogP contribution in [0.1, 0.15) is 57.1 Å². The molecule has 0 bridgehead atoms. The van der Waals surface area contributed by atoms with E-state index in [0.717, 1.165) is 24.5 Å². The highest BCUT2D eigenvalue weighted by Gasteiger charge is 2.40. The van der Waals surface area contributed by atoms with E-state index in [0.29, 0.717) is 12.1 Å². The summed E-state index contributed by atoms with van der Waals surface area (Å²) in [4.78, 5) is 0. The standard InChI is InChI=1S/C17H24ClNO/c1-13(14-5-4-6-15(18)11-14)19-16-7-10-20-17(12-16)8-2-3-9-17/h4-6,11,13,16,19H,2-3,7-10,12H2,1H3. The lowest BCUT2D eigenvalue weighted by Gasteiger charge is -2.39. The van der Waals surface area contributed by atoms with E-state index in [4.69, 9.17) is 16.3 Å². The van der Waals surface area contributed by atoms with Gasteiger partial charge in [0.05, 0.1) is 5.60 Å². The number of rotatable bonds is 3. The Hall–Kier alpha value is -0.570. The minimum Gasteiger partial charge on any atom is -0.375 e. The molecule has 1 aromatic carbocycles. The van der Waals surface area contributed by atoms with E-state index in [2.05, 4.69) is 24.4 Å². The SMILES string of the molecule is CC(NC1CCOC2(CCCC2)C1)c1cccc(Cl)c1. The Labute approximate surface area is 126 Å². The van der Waals surface area contributed by atoms with Gasteiger partial charge in [0.15, 0.2) is 0 Å². The van der Waals surface area contributed by atoms with E-state index in [9.17, 15) is 0 Å². The Kier molecular flexibility index (Phi) is 4.34. The lowest BCUT2D eigenvalue weighted by atomic mass is 9.88. The van der Waals surface area contributed by atoms with Crippen molar-refractivity contribution in [2.45, 2.75) is 63.1 Å². The van der Waals surface area contributed by atoms with Crippen molar-refractivity contribution in [3.05, 3.63) is 34.9 Å². The number of hydrogen-bond donors (Lipinski definition) is 1. The smallest absolute Gasteiger partial charge is 0.0697 e. The third-order valence-corrected chi connectivity index (χ3v) is 5.08. The summed E-state index contributed by atoms with van der Waals surface area (Å²) in [6.07, 6.45) is 7.44. The number of benzene rings is 1. The minimum absolute atomic E-state index is 0.184. The average molecular weight is 294 g/mol. The summed E-state index contributed by atoms with van der Waals surface area (Å²) in [5.41, 5.74) is 1.45. The quantitative estimate of drug-likeness (QED) is 0.887. The lowest BCUT2D eigenvalue weighted by molar-refractivity contribution is -0.0846. The number of halogens is 1. The molecule has 1 spiro atoms. The normalized spacial score (nSPS) is 26.8. The van der Waals surface area contributed by atoms with E-state index >= 15 is 0 Å². The van der Waals surface area contributed by atoms with Crippen molar-refractivity contribution in [3.63, 3.8) is 0 Å². The molecule has 0 amide bonds. The Bertz CT molecular complexity index is 456. The molecular weight excluding hydrogens is 270 g/mol. The van der Waals surface area contributed by atoms with Crippen molar-refractivity contribution >= 4 is 11.6 Å². The first-order valence-corrected chi connectivity index (χ1v) is 8.20. The van der Waals surface area contributed by atoms with Gasteiger partial charge in [-0.1, -0.05) is 36.6 Å². The molecule has 2 fully saturated rings. The van der Waals surface area contributed by atoms with Crippen LogP contribution in [-0.2, 0) is 4.74 Å². The van der Waals surface area contributed by atoms with Crippen LogP contribution in [0.5, 0.6) is 0 Å². The summed E-state index contributed by atoms with van der Waals surface area (Å²) in [5, 5.41) is 4.59. The van der Waals surface area contributed by atoms with Gasteiger partial charge in [0, 0.05) is 23.7 Å². The summed E-state index contributed by atoms with van der Waals surface area (Å²) < 4.78 is 6.10. The van der Waals surface area contributed by atoms with Crippen LogP contribution in [0.2, 0.25) is 5.02 Å². The van der Waals surface area contributed by atoms with Crippen molar-refractivity contribution in [2.75, 3.05) is 6.61 Å². The van der Waals surface area contributed by atoms with Gasteiger partial charge in [-0.2, -0.15) is 0 Å². The molecule has 110 valence electrons. The molecule has 1 aliphatic heterocycles. The number of ether oxygens (including phenoxy) is 1. The zero-order valence-electron chi connectivity index (χ0n) is 12.2. The van der Waals surface area contributed by atoms with Gasteiger partial charge in [0.25, 0.3) is 0 Å². The van der Waals surface area contributed by atoms with Gasteiger partial charge in [-0.05, 0) is 50.3 Å². The molecule has 3 heteroatoms. The Morgan fingerprint density at radius 3 is 2.90 bits per heavy atom. The van der Waals surface area contributed by atoms with Crippen molar-refractivity contribution in [2.24, 2.45) is 0 Å². The largest absolute Gasteiger partial charge is 0.375 e. The molecule has 3 rings (SSSR count). The fourth-order valence-electron chi connectivity index (χ4n) is 3.76. The maximum atomic E-state index is 6.10. The van der Waals surface area contributed by atoms with Crippen LogP contribution in [0.4, 0.5) is 0 Å². The van der Waals surface area contributed by atoms with Crippen LogP contribution in [0.15, 0.2) is 24.3 Å². The van der Waals surface area contributed by atoms with Crippen molar-refractivity contribution < 1.29 is 4.74 Å². The molecule has 0 radical (unpaired) electrons. The molecule has 2 atom stereocenters. The van der Waals surface area contributed by atoms with Crippen molar-refractivity contribution in [1.82, 2.24) is 5.32 Å². The van der Waals surface area contributed by atoms with E-state index in [1.165, 1.54) is 31.2 Å². The van der Waals surface area contributed by atoms with E-state index in [1.807, 2.05) is 12.1 Å². The van der Waals surface area contributed by atoms with Crippen LogP contribution in [0, 0.1) is 0 Å². The molecular formula is C17H24ClNO. The third-order valence-electron chi connectivity index (χ3n) is 4.84. The minimum atomic E-state index is 0.184. The highest BCUT2D eigenvalue weighted by atomic mass is 35.5. The summed E-state index contributed by atoms with van der Waals surface area (Å²) >= 11 is 6.08. The molecule has 1 saturated heterocycles. The highest BCUT2D eigenvalue weighted by Crippen LogP contribution is 2.40. The predicted molar refractivity (Wildman–Crippen MR) is 83.2 cm³/mol. The summed E-state index contributed by atoms with van der Waals surface area (Å²) in [7, 11) is 0. The predicted octanol–water partition coefficient (Wildman–Crippen LogP) is 4.48. The molecule has 1 heterocycles. The molecule has 0 aromatic heterocycles. The Balaban J connectivity index is 1.62. The molecule has 20 heavy (non-hydrogen) atoms. The van der Waals surface area contributed by atoms with Crippen LogP contribution < -0.4 is 5.32 Å². The third kappa shape index (κ3) is 3.19. The van der Waals surface area contributed by atoms with Crippen LogP contribution in [0.25, 0.3) is 0 Å². The average Bonchev–Trinajstić information content (AvgIpc) is 2.87. The first-order chi connectivity index (χ1) is 9.67. The summed E-state index contributed by atoms with van der Waals surface area (Å²) in [5.74, 6) is 0. The first kappa shape index (κ1) is 14.4. The molecule has 1 saturated carbocycles. The zero-order chi connectivity index (χ0) is 14.0. The Morgan fingerprint density at radius 2 is 2.15 bits per heavy atom. The van der Waals surface area contributed by atoms with Gasteiger partial charge in [0.2, 0.25) is 0 Å². The first-order valence-electron chi connectivity index (χ1n) is 7.82. The van der Waals surface area contributed by atoms with Crippen LogP contribution in [0.3, 0.4) is 0 Å². The van der Waals surface area contributed by atoms with Gasteiger partial charge in [-0.3, -0.25) is 0 Å². The molecule has 1 aliphatic carbocycles. The molecule has 2 nitrogen and oxygen atoms in total. The fraction of sp³-hybridized carbons (Fsp3) is 0.647. The second-order valence-electron chi connectivity index (χ2n) is 6.37. The van der Waals surface area contributed by atoms with Crippen LogP contribution >= 0.6 is 11.6 Å². The Morgan fingerprint density at radius 1 is 1.35 bits per heavy atom. The maximum absolute atomic E-state index is 6.10. The van der Waals surface area contributed by atoms with Gasteiger partial charge < -0.3 is 10.1 Å². The second-order valence-corrected chi connectivity index (χ2v) is 6.81. The molecule has 1 N–H and O–H groups in total. The van der Waals surface area contributed by atoms with Gasteiger partial charge in [-0.25, -0.2) is 0 Å². The number of nitrogens with one attached hydrogen (secondary N) is 1. The molecule has 1 aromatic rings. The highest BCUT2D eigenvalue weighted by molar-refractivity contribution is 6.30. The second kappa shape index (κ2) is 6.05. The van der Waals surface area contributed by atoms with Crippen molar-refractivity contribution in [3.8, 4) is 0 Å².